The first-order chi connectivity index (χ1) is 10.1. The van der Waals surface area contributed by atoms with E-state index in [1.807, 2.05) is 24.3 Å². The van der Waals surface area contributed by atoms with Gasteiger partial charge in [-0.15, -0.1) is 0 Å². The lowest BCUT2D eigenvalue weighted by Crippen LogP contribution is -2.18. The Morgan fingerprint density at radius 3 is 2.86 bits per heavy atom. The quantitative estimate of drug-likeness (QED) is 0.874. The molecule has 0 unspecified atom stereocenters. The van der Waals surface area contributed by atoms with Crippen molar-refractivity contribution in [3.63, 3.8) is 0 Å². The molecule has 21 heavy (non-hydrogen) atoms. The maximum atomic E-state index is 11.3. The van der Waals surface area contributed by atoms with Crippen molar-refractivity contribution in [3.05, 3.63) is 57.6 Å². The van der Waals surface area contributed by atoms with E-state index >= 15 is 0 Å². The Morgan fingerprint density at radius 2 is 2.00 bits per heavy atom. The van der Waals surface area contributed by atoms with Gasteiger partial charge in [-0.05, 0) is 41.8 Å². The summed E-state index contributed by atoms with van der Waals surface area (Å²) in [5, 5.41) is 7.35. The Balaban J connectivity index is 1.74. The van der Waals surface area contributed by atoms with Gasteiger partial charge in [-0.2, -0.15) is 0 Å². The Morgan fingerprint density at radius 1 is 1.14 bits per heavy atom. The first-order valence-electron chi connectivity index (χ1n) is 6.73. The molecule has 2 aromatic carbocycles. The van der Waals surface area contributed by atoms with Crippen molar-refractivity contribution in [2.24, 2.45) is 0 Å². The molecular formula is C16H14Cl2N2O. The van der Waals surface area contributed by atoms with E-state index in [0.717, 1.165) is 28.9 Å². The monoisotopic (exact) mass is 320 g/mol. The van der Waals surface area contributed by atoms with Gasteiger partial charge in [0, 0.05) is 24.3 Å². The topological polar surface area (TPSA) is 41.1 Å². The van der Waals surface area contributed by atoms with Gasteiger partial charge in [-0.25, -0.2) is 0 Å². The van der Waals surface area contributed by atoms with Crippen molar-refractivity contribution in [3.8, 4) is 0 Å². The van der Waals surface area contributed by atoms with Crippen molar-refractivity contribution in [2.45, 2.75) is 19.4 Å². The molecular weight excluding hydrogens is 307 g/mol. The summed E-state index contributed by atoms with van der Waals surface area (Å²) in [5.74, 6) is 0.0777. The van der Waals surface area contributed by atoms with E-state index in [4.69, 9.17) is 23.2 Å². The molecule has 2 aromatic rings. The lowest BCUT2D eigenvalue weighted by molar-refractivity contribution is -0.116. The van der Waals surface area contributed by atoms with Gasteiger partial charge in [0.25, 0.3) is 0 Å². The number of halogens is 2. The average Bonchev–Trinajstić information content (AvgIpc) is 2.49. The molecule has 0 saturated carbocycles. The second-order valence-corrected chi connectivity index (χ2v) is 5.77. The van der Waals surface area contributed by atoms with Crippen LogP contribution in [0.4, 0.5) is 11.4 Å². The first kappa shape index (κ1) is 14.2. The Bertz CT molecular complexity index is 701. The van der Waals surface area contributed by atoms with Gasteiger partial charge in [0.2, 0.25) is 5.91 Å². The lowest BCUT2D eigenvalue weighted by Gasteiger charge is -2.18. The summed E-state index contributed by atoms with van der Waals surface area (Å²) >= 11 is 12.2. The predicted molar refractivity (Wildman–Crippen MR) is 87.2 cm³/mol. The van der Waals surface area contributed by atoms with Crippen LogP contribution in [-0.4, -0.2) is 5.91 Å². The van der Waals surface area contributed by atoms with Gasteiger partial charge in [-0.3, -0.25) is 4.79 Å². The van der Waals surface area contributed by atoms with Gasteiger partial charge >= 0.3 is 0 Å². The summed E-state index contributed by atoms with van der Waals surface area (Å²) in [7, 11) is 0. The zero-order chi connectivity index (χ0) is 14.8. The van der Waals surface area contributed by atoms with E-state index < -0.39 is 0 Å². The molecule has 1 amide bonds. The normalized spacial score (nSPS) is 13.5. The summed E-state index contributed by atoms with van der Waals surface area (Å²) < 4.78 is 0. The number of carbonyl (C=O) groups is 1. The fourth-order valence-electron chi connectivity index (χ4n) is 2.38. The zero-order valence-corrected chi connectivity index (χ0v) is 12.8. The van der Waals surface area contributed by atoms with E-state index in [1.165, 1.54) is 0 Å². The van der Waals surface area contributed by atoms with E-state index in [-0.39, 0.29) is 5.91 Å². The van der Waals surface area contributed by atoms with Crippen LogP contribution in [0.5, 0.6) is 0 Å². The minimum atomic E-state index is 0.0777. The average molecular weight is 321 g/mol. The van der Waals surface area contributed by atoms with Crippen molar-refractivity contribution < 1.29 is 4.79 Å². The molecule has 5 heteroatoms. The fraction of sp³-hybridized carbons (Fsp3) is 0.188. The van der Waals surface area contributed by atoms with Gasteiger partial charge in [0.15, 0.2) is 0 Å². The highest BCUT2D eigenvalue weighted by atomic mass is 35.5. The summed E-state index contributed by atoms with van der Waals surface area (Å²) in [4.78, 5) is 11.3. The number of hydrogen-bond donors (Lipinski definition) is 2. The number of fused-ring (bicyclic) bond motifs is 1. The van der Waals surface area contributed by atoms with Crippen LogP contribution in [0.1, 0.15) is 17.5 Å². The second kappa shape index (κ2) is 5.96. The van der Waals surface area contributed by atoms with Crippen LogP contribution < -0.4 is 10.6 Å². The molecule has 1 aliphatic heterocycles. The van der Waals surface area contributed by atoms with Crippen LogP contribution in [0.3, 0.4) is 0 Å². The van der Waals surface area contributed by atoms with Crippen molar-refractivity contribution >= 4 is 40.5 Å². The summed E-state index contributed by atoms with van der Waals surface area (Å²) in [6, 6.07) is 11.5. The van der Waals surface area contributed by atoms with Crippen LogP contribution in [0.2, 0.25) is 10.0 Å². The first-order valence-corrected chi connectivity index (χ1v) is 7.48. The van der Waals surface area contributed by atoms with Crippen molar-refractivity contribution in [1.29, 1.82) is 0 Å². The van der Waals surface area contributed by atoms with E-state index in [1.54, 1.807) is 6.07 Å². The number of carbonyl (C=O) groups excluding carboxylic acids is 1. The molecule has 0 spiro atoms. The molecule has 0 fully saturated rings. The molecule has 3 nitrogen and oxygen atoms in total. The molecule has 108 valence electrons. The molecule has 1 heterocycles. The Kier molecular flexibility index (Phi) is 4.04. The van der Waals surface area contributed by atoms with Gasteiger partial charge in [0.1, 0.15) is 0 Å². The van der Waals surface area contributed by atoms with Crippen LogP contribution in [0.15, 0.2) is 36.4 Å². The molecule has 0 bridgehead atoms. The highest BCUT2D eigenvalue weighted by molar-refractivity contribution is 6.42. The minimum absolute atomic E-state index is 0.0777. The van der Waals surface area contributed by atoms with Crippen LogP contribution in [0, 0.1) is 0 Å². The van der Waals surface area contributed by atoms with Crippen LogP contribution in [-0.2, 0) is 17.8 Å². The van der Waals surface area contributed by atoms with E-state index in [0.29, 0.717) is 23.0 Å². The fourth-order valence-corrected chi connectivity index (χ4v) is 2.76. The molecule has 3 rings (SSSR count). The third kappa shape index (κ3) is 3.14. The van der Waals surface area contributed by atoms with E-state index in [2.05, 4.69) is 16.7 Å². The van der Waals surface area contributed by atoms with Crippen molar-refractivity contribution in [2.75, 3.05) is 10.6 Å². The molecule has 0 saturated heterocycles. The molecule has 0 aromatic heterocycles. The second-order valence-electron chi connectivity index (χ2n) is 4.99. The number of anilines is 2. The number of rotatable bonds is 3. The molecule has 0 radical (unpaired) electrons. The van der Waals surface area contributed by atoms with Gasteiger partial charge < -0.3 is 10.6 Å². The maximum Gasteiger partial charge on any atom is 0.224 e. The number of nitrogens with one attached hydrogen (secondary N) is 2. The highest BCUT2D eigenvalue weighted by Gasteiger charge is 2.14. The third-order valence-electron chi connectivity index (χ3n) is 3.52. The van der Waals surface area contributed by atoms with Gasteiger partial charge in [-0.1, -0.05) is 35.3 Å². The number of hydrogen-bond acceptors (Lipinski definition) is 2. The number of benzene rings is 2. The number of aryl methyl sites for hydroxylation is 1. The molecule has 1 aliphatic rings. The lowest BCUT2D eigenvalue weighted by atomic mass is 10.0. The summed E-state index contributed by atoms with van der Waals surface area (Å²) in [6.45, 7) is 0.602. The van der Waals surface area contributed by atoms with E-state index in [9.17, 15) is 4.79 Å². The maximum absolute atomic E-state index is 11.3. The largest absolute Gasteiger partial charge is 0.381 e. The standard InChI is InChI=1S/C16H14Cl2N2O/c17-13-3-1-2-11(16(13)18)9-19-12-5-6-14-10(8-12)4-7-15(21)20-14/h1-3,5-6,8,19H,4,7,9H2,(H,20,21). The van der Waals surface area contributed by atoms with Crippen LogP contribution >= 0.6 is 23.2 Å². The molecule has 0 atom stereocenters. The number of amides is 1. The molecule has 0 aliphatic carbocycles. The van der Waals surface area contributed by atoms with Gasteiger partial charge in [0.05, 0.1) is 10.0 Å². The zero-order valence-electron chi connectivity index (χ0n) is 11.2. The predicted octanol–water partition coefficient (Wildman–Crippen LogP) is 4.49. The van der Waals surface area contributed by atoms with Crippen LogP contribution in [0.25, 0.3) is 0 Å². The Hall–Kier alpha value is -1.71. The molecule has 2 N–H and O–H groups in total. The Labute approximate surface area is 133 Å². The third-order valence-corrected chi connectivity index (χ3v) is 4.37. The smallest absolute Gasteiger partial charge is 0.224 e. The summed E-state index contributed by atoms with van der Waals surface area (Å²) in [6.07, 6.45) is 1.31. The van der Waals surface area contributed by atoms with Crippen molar-refractivity contribution in [1.82, 2.24) is 0 Å². The summed E-state index contributed by atoms with van der Waals surface area (Å²) in [5.41, 5.74) is 4.01. The minimum Gasteiger partial charge on any atom is -0.381 e. The SMILES string of the molecule is O=C1CCc2cc(NCc3cccc(Cl)c3Cl)ccc2N1. The highest BCUT2D eigenvalue weighted by Crippen LogP contribution is 2.28.